The first-order chi connectivity index (χ1) is 18.5. The molecule has 5 rings (SSSR count). The van der Waals surface area contributed by atoms with Crippen molar-refractivity contribution in [1.82, 2.24) is 19.4 Å². The summed E-state index contributed by atoms with van der Waals surface area (Å²) < 4.78 is 14.1. The Labute approximate surface area is 221 Å². The molecule has 1 saturated heterocycles. The summed E-state index contributed by atoms with van der Waals surface area (Å²) in [6.07, 6.45) is 5.30. The Balaban J connectivity index is 1.47. The monoisotopic (exact) mass is 521 g/mol. The average Bonchev–Trinajstić information content (AvgIpc) is 3.28. The number of aromatic nitrogens is 3. The number of nitrogens with zero attached hydrogens (tertiary/aromatic N) is 4. The summed E-state index contributed by atoms with van der Waals surface area (Å²) in [5, 5.41) is 3.10. The third-order valence-electron chi connectivity index (χ3n) is 7.67. The number of hydrogen-bond donors (Lipinski definition) is 1. The SMILES string of the molecule is COC(=O)N1c2ccc3c(nc(CCn4ccccc4=O)n3CC(=O)NCC3CCOCC3)c2CC[C@@H]1C. The molecule has 0 unspecified atom stereocenters. The Morgan fingerprint density at radius 2 is 1.97 bits per heavy atom. The van der Waals surface area contributed by atoms with Crippen molar-refractivity contribution < 1.29 is 19.1 Å². The van der Waals surface area contributed by atoms with Crippen LogP contribution in [0.4, 0.5) is 10.5 Å². The fraction of sp³-hybridized carbons (Fsp3) is 0.500. The molecule has 2 aliphatic rings. The van der Waals surface area contributed by atoms with E-state index in [4.69, 9.17) is 14.5 Å². The molecule has 1 N–H and O–H groups in total. The lowest BCUT2D eigenvalue weighted by atomic mass is 9.96. The van der Waals surface area contributed by atoms with Crippen molar-refractivity contribution in [3.05, 3.63) is 58.3 Å². The van der Waals surface area contributed by atoms with Crippen LogP contribution in [0.25, 0.3) is 11.0 Å². The van der Waals surface area contributed by atoms with Gasteiger partial charge in [0.15, 0.2) is 0 Å². The zero-order chi connectivity index (χ0) is 26.6. The van der Waals surface area contributed by atoms with E-state index in [1.165, 1.54) is 13.2 Å². The lowest BCUT2D eigenvalue weighted by Crippen LogP contribution is -2.42. The Hall–Kier alpha value is -3.66. The van der Waals surface area contributed by atoms with E-state index in [-0.39, 0.29) is 24.1 Å². The standard InChI is InChI=1S/C28H35N5O5/c1-19-6-7-21-22(33(19)28(36)37-2)8-9-23-27(21)30-24(10-14-31-13-4-3-5-26(31)35)32(23)18-25(34)29-17-20-11-15-38-16-12-20/h3-5,8-9,13,19-20H,6-7,10-12,14-18H2,1-2H3,(H,29,34)/t19-/m0/s1. The number of anilines is 1. The lowest BCUT2D eigenvalue weighted by Gasteiger charge is -2.34. The Bertz CT molecular complexity index is 1370. The molecule has 1 fully saturated rings. The Morgan fingerprint density at radius 3 is 2.74 bits per heavy atom. The van der Waals surface area contributed by atoms with Crippen LogP contribution < -0.4 is 15.8 Å². The predicted octanol–water partition coefficient (Wildman–Crippen LogP) is 2.89. The number of amides is 2. The highest BCUT2D eigenvalue weighted by Gasteiger charge is 2.31. The maximum Gasteiger partial charge on any atom is 0.414 e. The van der Waals surface area contributed by atoms with Crippen molar-refractivity contribution in [3.8, 4) is 0 Å². The van der Waals surface area contributed by atoms with E-state index in [0.29, 0.717) is 25.4 Å². The lowest BCUT2D eigenvalue weighted by molar-refractivity contribution is -0.122. The van der Waals surface area contributed by atoms with Gasteiger partial charge in [-0.05, 0) is 56.7 Å². The maximum absolute atomic E-state index is 13.1. The second-order valence-electron chi connectivity index (χ2n) is 10.1. The summed E-state index contributed by atoms with van der Waals surface area (Å²) in [6.45, 7) is 4.69. The molecule has 2 aliphatic heterocycles. The molecule has 38 heavy (non-hydrogen) atoms. The number of carbonyl (C=O) groups is 2. The van der Waals surface area contributed by atoms with Crippen LogP contribution in [-0.4, -0.2) is 59.0 Å². The van der Waals surface area contributed by atoms with Gasteiger partial charge in [-0.3, -0.25) is 14.5 Å². The number of rotatable bonds is 7. The zero-order valence-electron chi connectivity index (χ0n) is 22.0. The van der Waals surface area contributed by atoms with Crippen LogP contribution in [0.3, 0.4) is 0 Å². The smallest absolute Gasteiger partial charge is 0.414 e. The van der Waals surface area contributed by atoms with Crippen molar-refractivity contribution in [1.29, 1.82) is 0 Å². The van der Waals surface area contributed by atoms with E-state index < -0.39 is 6.09 Å². The highest BCUT2D eigenvalue weighted by Crippen LogP contribution is 2.36. The average molecular weight is 522 g/mol. The van der Waals surface area contributed by atoms with Crippen LogP contribution in [0.15, 0.2) is 41.3 Å². The first-order valence-electron chi connectivity index (χ1n) is 13.3. The van der Waals surface area contributed by atoms with Gasteiger partial charge in [-0.15, -0.1) is 0 Å². The highest BCUT2D eigenvalue weighted by molar-refractivity contribution is 5.95. The molecule has 202 valence electrons. The van der Waals surface area contributed by atoms with Gasteiger partial charge in [0.2, 0.25) is 5.91 Å². The van der Waals surface area contributed by atoms with E-state index in [1.54, 1.807) is 21.7 Å². The summed E-state index contributed by atoms with van der Waals surface area (Å²) in [6, 6.07) is 8.94. The van der Waals surface area contributed by atoms with E-state index in [2.05, 4.69) is 5.32 Å². The first kappa shape index (κ1) is 26.0. The van der Waals surface area contributed by atoms with E-state index in [1.807, 2.05) is 29.7 Å². The molecule has 0 radical (unpaired) electrons. The number of ether oxygens (including phenoxy) is 2. The molecule has 10 heteroatoms. The molecule has 3 aromatic rings. The van der Waals surface area contributed by atoms with Gasteiger partial charge >= 0.3 is 6.09 Å². The summed E-state index contributed by atoms with van der Waals surface area (Å²) >= 11 is 0. The van der Waals surface area contributed by atoms with Crippen molar-refractivity contribution in [2.75, 3.05) is 31.8 Å². The number of methoxy groups -OCH3 is 1. The van der Waals surface area contributed by atoms with Crippen molar-refractivity contribution >= 4 is 28.7 Å². The fourth-order valence-corrected chi connectivity index (χ4v) is 5.49. The molecular weight excluding hydrogens is 486 g/mol. The quantitative estimate of drug-likeness (QED) is 0.512. The molecule has 0 saturated carbocycles. The van der Waals surface area contributed by atoms with Crippen LogP contribution in [0.1, 0.15) is 37.6 Å². The van der Waals surface area contributed by atoms with Crippen LogP contribution >= 0.6 is 0 Å². The van der Waals surface area contributed by atoms with E-state index in [9.17, 15) is 14.4 Å². The molecule has 0 bridgehead atoms. The molecule has 1 atom stereocenters. The van der Waals surface area contributed by atoms with Gasteiger partial charge in [-0.25, -0.2) is 9.78 Å². The minimum absolute atomic E-state index is 0.00915. The molecule has 1 aromatic carbocycles. The van der Waals surface area contributed by atoms with Crippen molar-refractivity contribution in [2.45, 2.75) is 58.2 Å². The molecule has 10 nitrogen and oxygen atoms in total. The van der Waals surface area contributed by atoms with Gasteiger partial charge in [0.25, 0.3) is 5.56 Å². The topological polar surface area (TPSA) is 108 Å². The Kier molecular flexibility index (Phi) is 7.78. The predicted molar refractivity (Wildman–Crippen MR) is 143 cm³/mol. The second-order valence-corrected chi connectivity index (χ2v) is 10.1. The van der Waals surface area contributed by atoms with Crippen molar-refractivity contribution in [3.63, 3.8) is 0 Å². The number of aryl methyl sites for hydroxylation is 3. The van der Waals surface area contributed by atoms with E-state index in [0.717, 1.165) is 67.0 Å². The second kappa shape index (κ2) is 11.4. The summed E-state index contributed by atoms with van der Waals surface area (Å²) in [7, 11) is 1.39. The normalized spacial score (nSPS) is 17.8. The van der Waals surface area contributed by atoms with Crippen LogP contribution in [-0.2, 0) is 40.2 Å². The third kappa shape index (κ3) is 5.31. The van der Waals surface area contributed by atoms with Gasteiger partial charge in [0.05, 0.1) is 23.8 Å². The number of carbonyl (C=O) groups excluding carboxylic acids is 2. The molecule has 2 aromatic heterocycles. The van der Waals surface area contributed by atoms with Gasteiger partial charge in [0, 0.05) is 56.6 Å². The minimum Gasteiger partial charge on any atom is -0.452 e. The highest BCUT2D eigenvalue weighted by atomic mass is 16.5. The molecule has 0 aliphatic carbocycles. The molecular formula is C28H35N5O5. The summed E-state index contributed by atoms with van der Waals surface area (Å²) in [5.74, 6) is 1.08. The van der Waals surface area contributed by atoms with Crippen molar-refractivity contribution in [2.24, 2.45) is 5.92 Å². The molecule has 4 heterocycles. The summed E-state index contributed by atoms with van der Waals surface area (Å²) in [4.78, 5) is 44.6. The van der Waals surface area contributed by atoms with Gasteiger partial charge in [-0.1, -0.05) is 6.07 Å². The van der Waals surface area contributed by atoms with Crippen LogP contribution in [0.5, 0.6) is 0 Å². The van der Waals surface area contributed by atoms with Crippen LogP contribution in [0.2, 0.25) is 0 Å². The largest absolute Gasteiger partial charge is 0.452 e. The third-order valence-corrected chi connectivity index (χ3v) is 7.67. The summed E-state index contributed by atoms with van der Waals surface area (Å²) in [5.41, 5.74) is 3.33. The Morgan fingerprint density at radius 1 is 1.16 bits per heavy atom. The molecule has 2 amide bonds. The number of pyridine rings is 1. The van der Waals surface area contributed by atoms with E-state index >= 15 is 0 Å². The van der Waals surface area contributed by atoms with Gasteiger partial charge < -0.3 is 23.9 Å². The number of hydrogen-bond acceptors (Lipinski definition) is 6. The first-order valence-corrected chi connectivity index (χ1v) is 13.3. The minimum atomic E-state index is -0.395. The van der Waals surface area contributed by atoms with Crippen LogP contribution in [0, 0.1) is 5.92 Å². The van der Waals surface area contributed by atoms with Gasteiger partial charge in [-0.2, -0.15) is 0 Å². The van der Waals surface area contributed by atoms with Gasteiger partial charge in [0.1, 0.15) is 12.4 Å². The number of fused-ring (bicyclic) bond motifs is 3. The number of imidazole rings is 1. The number of benzene rings is 1. The fourth-order valence-electron chi connectivity index (χ4n) is 5.49. The molecule has 0 spiro atoms. The zero-order valence-corrected chi connectivity index (χ0v) is 22.0. The maximum atomic E-state index is 13.1. The number of nitrogens with one attached hydrogen (secondary N) is 1.